The van der Waals surface area contributed by atoms with E-state index in [1.54, 1.807) is 18.2 Å². The average molecular weight is 180 g/mol. The molecule has 1 aromatic rings. The number of ether oxygens (including phenoxy) is 1. The Morgan fingerprint density at radius 2 is 2.23 bits per heavy atom. The minimum absolute atomic E-state index is 0.464. The van der Waals surface area contributed by atoms with Gasteiger partial charge < -0.3 is 9.84 Å². The minimum Gasteiger partial charge on any atom is -0.425 e. The quantitative estimate of drug-likeness (QED) is 0.551. The van der Waals surface area contributed by atoms with Crippen molar-refractivity contribution in [2.45, 2.75) is 20.0 Å². The van der Waals surface area contributed by atoms with Crippen molar-refractivity contribution in [1.29, 1.82) is 0 Å². The lowest BCUT2D eigenvalue weighted by molar-refractivity contribution is -0.142. The van der Waals surface area contributed by atoms with Crippen molar-refractivity contribution in [3.63, 3.8) is 0 Å². The van der Waals surface area contributed by atoms with Gasteiger partial charge in [0.05, 0.1) is 0 Å². The topological polar surface area (TPSA) is 46.5 Å². The van der Waals surface area contributed by atoms with Crippen LogP contribution in [0.1, 0.15) is 12.5 Å². The maximum absolute atomic E-state index is 11.0. The molecular formula is C10H12O3. The molecule has 0 saturated carbocycles. The van der Waals surface area contributed by atoms with E-state index in [9.17, 15) is 4.79 Å². The summed E-state index contributed by atoms with van der Waals surface area (Å²) < 4.78 is 4.87. The van der Waals surface area contributed by atoms with Crippen molar-refractivity contribution in [2.75, 3.05) is 0 Å². The molecule has 0 heterocycles. The maximum atomic E-state index is 11.0. The Morgan fingerprint density at radius 1 is 1.54 bits per heavy atom. The Balaban J connectivity index is 2.69. The van der Waals surface area contributed by atoms with Gasteiger partial charge >= 0.3 is 5.97 Å². The number of carbonyl (C=O) groups excluding carboxylic acids is 1. The van der Waals surface area contributed by atoms with E-state index in [-0.39, 0.29) is 0 Å². The Bertz CT molecular complexity index is 305. The van der Waals surface area contributed by atoms with E-state index in [2.05, 4.69) is 0 Å². The Kier molecular flexibility index (Phi) is 3.03. The molecule has 1 atom stereocenters. The van der Waals surface area contributed by atoms with Crippen LogP contribution in [0.5, 0.6) is 5.75 Å². The van der Waals surface area contributed by atoms with Crippen molar-refractivity contribution in [2.24, 2.45) is 0 Å². The van der Waals surface area contributed by atoms with Gasteiger partial charge in [-0.15, -0.1) is 0 Å². The first-order valence-corrected chi connectivity index (χ1v) is 4.06. The van der Waals surface area contributed by atoms with Gasteiger partial charge in [-0.2, -0.15) is 0 Å². The van der Waals surface area contributed by atoms with E-state index in [4.69, 9.17) is 9.84 Å². The Hall–Kier alpha value is -1.35. The lowest BCUT2D eigenvalue weighted by Gasteiger charge is -2.05. The molecule has 0 bridgehead atoms. The van der Waals surface area contributed by atoms with Crippen molar-refractivity contribution in [3.8, 4) is 5.75 Å². The molecular weight excluding hydrogens is 168 g/mol. The second-order valence-electron chi connectivity index (χ2n) is 2.91. The lowest BCUT2D eigenvalue weighted by Crippen LogP contribution is -2.22. The molecule has 0 aliphatic carbocycles. The van der Waals surface area contributed by atoms with Crippen LogP contribution in [0.4, 0.5) is 0 Å². The summed E-state index contributed by atoms with van der Waals surface area (Å²) >= 11 is 0. The smallest absolute Gasteiger partial charge is 0.340 e. The number of aliphatic hydroxyl groups is 1. The number of aliphatic hydroxyl groups excluding tert-OH is 1. The van der Waals surface area contributed by atoms with Gasteiger partial charge in [-0.1, -0.05) is 12.1 Å². The average Bonchev–Trinajstić information content (AvgIpc) is 2.04. The van der Waals surface area contributed by atoms with Crippen molar-refractivity contribution < 1.29 is 14.6 Å². The van der Waals surface area contributed by atoms with E-state index in [0.29, 0.717) is 5.75 Å². The van der Waals surface area contributed by atoms with E-state index < -0.39 is 12.1 Å². The molecule has 0 unspecified atom stereocenters. The van der Waals surface area contributed by atoms with Crippen LogP contribution in [0.25, 0.3) is 0 Å². The summed E-state index contributed by atoms with van der Waals surface area (Å²) in [5, 5.41) is 8.88. The van der Waals surface area contributed by atoms with E-state index >= 15 is 0 Å². The molecule has 0 aromatic heterocycles. The molecule has 3 nitrogen and oxygen atoms in total. The molecule has 3 heteroatoms. The van der Waals surface area contributed by atoms with Crippen LogP contribution in [0, 0.1) is 6.92 Å². The van der Waals surface area contributed by atoms with Gasteiger partial charge in [-0.05, 0) is 31.5 Å². The molecule has 0 aliphatic rings. The van der Waals surface area contributed by atoms with Crippen molar-refractivity contribution in [3.05, 3.63) is 29.8 Å². The molecule has 70 valence electrons. The van der Waals surface area contributed by atoms with E-state index in [1.165, 1.54) is 6.92 Å². The number of hydrogen-bond donors (Lipinski definition) is 1. The van der Waals surface area contributed by atoms with Crippen LogP contribution in [-0.4, -0.2) is 17.2 Å². The van der Waals surface area contributed by atoms with Gasteiger partial charge in [0, 0.05) is 0 Å². The normalized spacial score (nSPS) is 12.2. The highest BCUT2D eigenvalue weighted by molar-refractivity contribution is 5.76. The summed E-state index contributed by atoms with van der Waals surface area (Å²) in [6.45, 7) is 3.28. The van der Waals surface area contributed by atoms with Crippen LogP contribution in [-0.2, 0) is 4.79 Å². The largest absolute Gasteiger partial charge is 0.425 e. The minimum atomic E-state index is -1.08. The number of aryl methyl sites for hydroxylation is 1. The fourth-order valence-electron chi connectivity index (χ4n) is 0.880. The van der Waals surface area contributed by atoms with Crippen molar-refractivity contribution >= 4 is 5.97 Å². The number of benzene rings is 1. The third-order valence-electron chi connectivity index (χ3n) is 1.55. The highest BCUT2D eigenvalue weighted by Gasteiger charge is 2.10. The van der Waals surface area contributed by atoms with Gasteiger partial charge in [-0.25, -0.2) is 4.79 Å². The zero-order valence-electron chi connectivity index (χ0n) is 7.65. The van der Waals surface area contributed by atoms with Gasteiger partial charge in [0.2, 0.25) is 0 Å². The SMILES string of the molecule is Cc1cccc(OC(=O)[C@@H](C)O)c1. The Morgan fingerprint density at radius 3 is 2.77 bits per heavy atom. The summed E-state index contributed by atoms with van der Waals surface area (Å²) in [6.07, 6.45) is -1.08. The maximum Gasteiger partial charge on any atom is 0.340 e. The zero-order chi connectivity index (χ0) is 9.84. The molecule has 0 fully saturated rings. The molecule has 13 heavy (non-hydrogen) atoms. The second kappa shape index (κ2) is 4.05. The van der Waals surface area contributed by atoms with Gasteiger partial charge in [-0.3, -0.25) is 0 Å². The number of esters is 1. The first-order valence-electron chi connectivity index (χ1n) is 4.06. The fourth-order valence-corrected chi connectivity index (χ4v) is 0.880. The zero-order valence-corrected chi connectivity index (χ0v) is 7.65. The fraction of sp³-hybridized carbons (Fsp3) is 0.300. The van der Waals surface area contributed by atoms with E-state index in [0.717, 1.165) is 5.56 Å². The highest BCUT2D eigenvalue weighted by Crippen LogP contribution is 2.12. The second-order valence-corrected chi connectivity index (χ2v) is 2.91. The van der Waals surface area contributed by atoms with Crippen molar-refractivity contribution in [1.82, 2.24) is 0 Å². The van der Waals surface area contributed by atoms with Crippen LogP contribution < -0.4 is 4.74 Å². The standard InChI is InChI=1S/C10H12O3/c1-7-4-3-5-9(6-7)13-10(12)8(2)11/h3-6,8,11H,1-2H3/t8-/m1/s1. The third-order valence-corrected chi connectivity index (χ3v) is 1.55. The summed E-state index contributed by atoms with van der Waals surface area (Å²) in [5.74, 6) is -0.170. The van der Waals surface area contributed by atoms with Gasteiger partial charge in [0.15, 0.2) is 0 Å². The Labute approximate surface area is 77.0 Å². The molecule has 1 aromatic carbocycles. The third kappa shape index (κ3) is 2.87. The number of carbonyl (C=O) groups is 1. The number of rotatable bonds is 2. The summed E-state index contributed by atoms with van der Waals surface area (Å²) in [4.78, 5) is 11.0. The summed E-state index contributed by atoms with van der Waals surface area (Å²) in [5.41, 5.74) is 1.01. The van der Waals surface area contributed by atoms with Gasteiger partial charge in [0.25, 0.3) is 0 Å². The summed E-state index contributed by atoms with van der Waals surface area (Å²) in [7, 11) is 0. The monoisotopic (exact) mass is 180 g/mol. The van der Waals surface area contributed by atoms with Crippen LogP contribution >= 0.6 is 0 Å². The molecule has 1 N–H and O–H groups in total. The molecule has 0 amide bonds. The first kappa shape index (κ1) is 9.74. The number of hydrogen-bond acceptors (Lipinski definition) is 3. The van der Waals surface area contributed by atoms with E-state index in [1.807, 2.05) is 13.0 Å². The van der Waals surface area contributed by atoms with Crippen LogP contribution in [0.3, 0.4) is 0 Å². The summed E-state index contributed by atoms with van der Waals surface area (Å²) in [6, 6.07) is 7.10. The van der Waals surface area contributed by atoms with Crippen LogP contribution in [0.2, 0.25) is 0 Å². The predicted octanol–water partition coefficient (Wildman–Crippen LogP) is 1.28. The molecule has 0 aliphatic heterocycles. The van der Waals surface area contributed by atoms with Gasteiger partial charge in [0.1, 0.15) is 11.9 Å². The van der Waals surface area contributed by atoms with Crippen LogP contribution in [0.15, 0.2) is 24.3 Å². The first-order chi connectivity index (χ1) is 6.09. The molecule has 0 radical (unpaired) electrons. The molecule has 0 saturated heterocycles. The molecule has 1 rings (SSSR count). The lowest BCUT2D eigenvalue weighted by atomic mass is 10.2. The molecule has 0 spiro atoms. The highest BCUT2D eigenvalue weighted by atomic mass is 16.5. The predicted molar refractivity (Wildman–Crippen MR) is 48.5 cm³/mol.